The Labute approximate surface area is 85.2 Å². The molecule has 0 saturated heterocycles. The first kappa shape index (κ1) is 11.2. The van der Waals surface area contributed by atoms with E-state index in [4.69, 9.17) is 0 Å². The first-order valence-corrected chi connectivity index (χ1v) is 6.01. The van der Waals surface area contributed by atoms with E-state index in [1.54, 1.807) is 6.92 Å². The minimum absolute atomic E-state index is 0.506. The molecule has 1 unspecified atom stereocenters. The van der Waals surface area contributed by atoms with Gasteiger partial charge < -0.3 is 0 Å². The van der Waals surface area contributed by atoms with E-state index in [1.165, 1.54) is 7.05 Å². The number of benzene rings is 1. The lowest BCUT2D eigenvalue weighted by molar-refractivity contribution is 0.577. The zero-order valence-electron chi connectivity index (χ0n) is 8.61. The molecule has 0 aliphatic rings. The predicted molar refractivity (Wildman–Crippen MR) is 57.6 cm³/mol. The summed E-state index contributed by atoms with van der Waals surface area (Å²) < 4.78 is 25.4. The second-order valence-electron chi connectivity index (χ2n) is 3.25. The molecule has 1 rings (SSSR count). The summed E-state index contributed by atoms with van der Waals surface area (Å²) in [5, 5.41) is -0.506. The van der Waals surface area contributed by atoms with Crippen molar-refractivity contribution >= 4 is 10.0 Å². The largest absolute Gasteiger partial charge is 0.218 e. The molecule has 0 bridgehead atoms. The first-order chi connectivity index (χ1) is 6.49. The van der Waals surface area contributed by atoms with Gasteiger partial charge in [0.05, 0.1) is 5.25 Å². The molecule has 14 heavy (non-hydrogen) atoms. The topological polar surface area (TPSA) is 46.2 Å². The number of rotatable bonds is 3. The van der Waals surface area contributed by atoms with Gasteiger partial charge in [-0.05, 0) is 32.0 Å². The molecule has 1 atom stereocenters. The Morgan fingerprint density at radius 2 is 1.86 bits per heavy atom. The third-order valence-electron chi connectivity index (χ3n) is 2.38. The van der Waals surface area contributed by atoms with E-state index >= 15 is 0 Å². The fraction of sp³-hybridized carbons (Fsp3) is 0.400. The quantitative estimate of drug-likeness (QED) is 0.829. The maximum atomic E-state index is 11.5. The van der Waals surface area contributed by atoms with Crippen LogP contribution in [-0.2, 0) is 10.0 Å². The number of aryl methyl sites for hydroxylation is 1. The summed E-state index contributed by atoms with van der Waals surface area (Å²) in [5.74, 6) is 0. The summed E-state index contributed by atoms with van der Waals surface area (Å²) >= 11 is 0. The third kappa shape index (κ3) is 2.13. The Kier molecular flexibility index (Phi) is 3.29. The van der Waals surface area contributed by atoms with Gasteiger partial charge in [-0.25, -0.2) is 13.1 Å². The summed E-state index contributed by atoms with van der Waals surface area (Å²) in [6.45, 7) is 3.60. The van der Waals surface area contributed by atoms with Crippen LogP contribution in [0.4, 0.5) is 0 Å². The van der Waals surface area contributed by atoms with Crippen LogP contribution in [0, 0.1) is 6.92 Å². The van der Waals surface area contributed by atoms with Gasteiger partial charge in [0.25, 0.3) is 0 Å². The van der Waals surface area contributed by atoms with E-state index in [2.05, 4.69) is 4.72 Å². The Balaban J connectivity index is 3.14. The monoisotopic (exact) mass is 213 g/mol. The maximum absolute atomic E-state index is 11.5. The van der Waals surface area contributed by atoms with Crippen molar-refractivity contribution in [2.24, 2.45) is 0 Å². The van der Waals surface area contributed by atoms with Gasteiger partial charge in [0.15, 0.2) is 0 Å². The molecule has 78 valence electrons. The van der Waals surface area contributed by atoms with E-state index < -0.39 is 15.3 Å². The van der Waals surface area contributed by atoms with E-state index in [0.29, 0.717) is 0 Å². The van der Waals surface area contributed by atoms with Crippen molar-refractivity contribution in [3.8, 4) is 0 Å². The molecule has 1 N–H and O–H groups in total. The molecule has 1 aromatic carbocycles. The summed E-state index contributed by atoms with van der Waals surface area (Å²) in [6.07, 6.45) is 0. The van der Waals surface area contributed by atoms with Crippen LogP contribution in [0.2, 0.25) is 0 Å². The van der Waals surface area contributed by atoms with Crippen molar-refractivity contribution in [3.63, 3.8) is 0 Å². The fourth-order valence-electron chi connectivity index (χ4n) is 1.39. The van der Waals surface area contributed by atoms with E-state index in [1.807, 2.05) is 31.2 Å². The van der Waals surface area contributed by atoms with Crippen LogP contribution in [0.3, 0.4) is 0 Å². The van der Waals surface area contributed by atoms with Crippen LogP contribution in [0.15, 0.2) is 24.3 Å². The van der Waals surface area contributed by atoms with Crippen LogP contribution in [0.5, 0.6) is 0 Å². The normalized spacial score (nSPS) is 13.9. The van der Waals surface area contributed by atoms with Crippen LogP contribution in [-0.4, -0.2) is 15.5 Å². The van der Waals surface area contributed by atoms with Gasteiger partial charge in [-0.2, -0.15) is 0 Å². The fourth-order valence-corrected chi connectivity index (χ4v) is 2.34. The smallest absolute Gasteiger partial charge is 0.218 e. The van der Waals surface area contributed by atoms with E-state index in [-0.39, 0.29) is 0 Å². The summed E-state index contributed by atoms with van der Waals surface area (Å²) in [5.41, 5.74) is 1.85. The molecule has 0 aliphatic heterocycles. The predicted octanol–water partition coefficient (Wildman–Crippen LogP) is 1.61. The van der Waals surface area contributed by atoms with Crippen molar-refractivity contribution in [1.82, 2.24) is 4.72 Å². The molecule has 0 aromatic heterocycles. The standard InChI is InChI=1S/C10H15NO2S/c1-8-6-4-5-7-10(8)9(2)14(12,13)11-3/h4-7,9,11H,1-3H3. The lowest BCUT2D eigenvalue weighted by Gasteiger charge is -2.14. The number of nitrogens with one attached hydrogen (secondary N) is 1. The highest BCUT2D eigenvalue weighted by Gasteiger charge is 2.21. The Bertz CT molecular complexity index is 412. The molecule has 0 heterocycles. The van der Waals surface area contributed by atoms with Gasteiger partial charge in [-0.1, -0.05) is 24.3 Å². The molecule has 1 aromatic rings. The van der Waals surface area contributed by atoms with Gasteiger partial charge in [0.2, 0.25) is 10.0 Å². The summed E-state index contributed by atoms with van der Waals surface area (Å²) in [7, 11) is -1.79. The molecule has 4 heteroatoms. The van der Waals surface area contributed by atoms with Crippen molar-refractivity contribution in [2.45, 2.75) is 19.1 Å². The minimum atomic E-state index is -3.22. The molecule has 0 saturated carbocycles. The van der Waals surface area contributed by atoms with Crippen LogP contribution >= 0.6 is 0 Å². The summed E-state index contributed by atoms with van der Waals surface area (Å²) in [4.78, 5) is 0. The number of hydrogen-bond donors (Lipinski definition) is 1. The molecule has 0 radical (unpaired) electrons. The van der Waals surface area contributed by atoms with Crippen LogP contribution in [0.1, 0.15) is 23.3 Å². The zero-order chi connectivity index (χ0) is 10.8. The highest BCUT2D eigenvalue weighted by atomic mass is 32.2. The molecule has 3 nitrogen and oxygen atoms in total. The SMILES string of the molecule is CNS(=O)(=O)C(C)c1ccccc1C. The van der Waals surface area contributed by atoms with Gasteiger partial charge in [0.1, 0.15) is 0 Å². The lowest BCUT2D eigenvalue weighted by atomic mass is 10.1. The number of sulfonamides is 1. The van der Waals surface area contributed by atoms with Gasteiger partial charge in [0, 0.05) is 0 Å². The highest BCUT2D eigenvalue weighted by Crippen LogP contribution is 2.23. The van der Waals surface area contributed by atoms with Gasteiger partial charge in [-0.3, -0.25) is 0 Å². The van der Waals surface area contributed by atoms with E-state index in [9.17, 15) is 8.42 Å². The highest BCUT2D eigenvalue weighted by molar-refractivity contribution is 7.89. The number of hydrogen-bond acceptors (Lipinski definition) is 2. The van der Waals surface area contributed by atoms with Crippen LogP contribution < -0.4 is 4.72 Å². The minimum Gasteiger partial charge on any atom is -0.218 e. The molecular formula is C10H15NO2S. The molecule has 0 aliphatic carbocycles. The average Bonchev–Trinajstić information content (AvgIpc) is 2.17. The van der Waals surface area contributed by atoms with Gasteiger partial charge in [-0.15, -0.1) is 0 Å². The van der Waals surface area contributed by atoms with Crippen molar-refractivity contribution in [2.75, 3.05) is 7.05 Å². The molecular weight excluding hydrogens is 198 g/mol. The molecule has 0 spiro atoms. The maximum Gasteiger partial charge on any atom is 0.218 e. The Morgan fingerprint density at radius 1 is 1.29 bits per heavy atom. The second kappa shape index (κ2) is 4.11. The lowest BCUT2D eigenvalue weighted by Crippen LogP contribution is -2.24. The average molecular weight is 213 g/mol. The van der Waals surface area contributed by atoms with Crippen molar-refractivity contribution in [3.05, 3.63) is 35.4 Å². The van der Waals surface area contributed by atoms with Crippen molar-refractivity contribution in [1.29, 1.82) is 0 Å². The Hall–Kier alpha value is -0.870. The van der Waals surface area contributed by atoms with E-state index in [0.717, 1.165) is 11.1 Å². The Morgan fingerprint density at radius 3 is 2.36 bits per heavy atom. The molecule has 0 fully saturated rings. The second-order valence-corrected chi connectivity index (χ2v) is 5.45. The van der Waals surface area contributed by atoms with Crippen molar-refractivity contribution < 1.29 is 8.42 Å². The molecule has 0 amide bonds. The zero-order valence-corrected chi connectivity index (χ0v) is 9.43. The summed E-state index contributed by atoms with van der Waals surface area (Å²) in [6, 6.07) is 7.51. The van der Waals surface area contributed by atoms with Crippen LogP contribution in [0.25, 0.3) is 0 Å². The first-order valence-electron chi connectivity index (χ1n) is 4.47. The van der Waals surface area contributed by atoms with Gasteiger partial charge >= 0.3 is 0 Å². The third-order valence-corrected chi connectivity index (χ3v) is 4.13.